The van der Waals surface area contributed by atoms with E-state index in [-0.39, 0.29) is 18.5 Å². The molecule has 86 valence electrons. The summed E-state index contributed by atoms with van der Waals surface area (Å²) in [5, 5.41) is 9.59. The summed E-state index contributed by atoms with van der Waals surface area (Å²) in [6.45, 7) is 0. The van der Waals surface area contributed by atoms with Gasteiger partial charge in [0.15, 0.2) is 0 Å². The van der Waals surface area contributed by atoms with Gasteiger partial charge in [-0.1, -0.05) is 57.8 Å². The lowest BCUT2D eigenvalue weighted by molar-refractivity contribution is 0.146. The van der Waals surface area contributed by atoms with Crippen LogP contribution in [0.4, 0.5) is 0 Å². The standard InChI is InChI=1S/C12H24O.ClH/c13-12-10-8-6-4-2-1-3-5-7-9-11-12;/h12-13H,1-11H2;1H. The van der Waals surface area contributed by atoms with Crippen LogP contribution < -0.4 is 0 Å². The molecule has 0 saturated heterocycles. The molecule has 1 saturated carbocycles. The molecule has 0 atom stereocenters. The van der Waals surface area contributed by atoms with Gasteiger partial charge in [0, 0.05) is 0 Å². The Morgan fingerprint density at radius 3 is 1.21 bits per heavy atom. The Hall–Kier alpha value is 0.250. The maximum atomic E-state index is 9.59. The first-order chi connectivity index (χ1) is 6.39. The van der Waals surface area contributed by atoms with Crippen molar-refractivity contribution in [3.63, 3.8) is 0 Å². The zero-order valence-electron chi connectivity index (χ0n) is 9.21. The fraction of sp³-hybridized carbons (Fsp3) is 1.00. The number of rotatable bonds is 0. The zero-order valence-corrected chi connectivity index (χ0v) is 10.0. The molecule has 0 bridgehead atoms. The van der Waals surface area contributed by atoms with Gasteiger partial charge >= 0.3 is 0 Å². The van der Waals surface area contributed by atoms with Crippen LogP contribution in [0.1, 0.15) is 70.6 Å². The summed E-state index contributed by atoms with van der Waals surface area (Å²) in [5.74, 6) is 0. The third kappa shape index (κ3) is 7.64. The first-order valence-electron chi connectivity index (χ1n) is 6.07. The molecule has 1 nitrogen and oxygen atoms in total. The van der Waals surface area contributed by atoms with Crippen molar-refractivity contribution < 1.29 is 5.11 Å². The van der Waals surface area contributed by atoms with Crippen LogP contribution in [0.5, 0.6) is 0 Å². The Balaban J connectivity index is 0.00000169. The quantitative estimate of drug-likeness (QED) is 0.653. The molecule has 0 aliphatic heterocycles. The van der Waals surface area contributed by atoms with Crippen molar-refractivity contribution >= 4 is 12.4 Å². The number of aliphatic hydroxyl groups is 1. The van der Waals surface area contributed by atoms with Gasteiger partial charge in [-0.2, -0.15) is 0 Å². The van der Waals surface area contributed by atoms with E-state index in [2.05, 4.69) is 0 Å². The van der Waals surface area contributed by atoms with Gasteiger partial charge in [-0.05, 0) is 12.8 Å². The monoisotopic (exact) mass is 220 g/mol. The van der Waals surface area contributed by atoms with Gasteiger partial charge in [0.1, 0.15) is 0 Å². The summed E-state index contributed by atoms with van der Waals surface area (Å²) in [4.78, 5) is 0. The van der Waals surface area contributed by atoms with E-state index in [0.717, 1.165) is 12.8 Å². The molecule has 0 radical (unpaired) electrons. The summed E-state index contributed by atoms with van der Waals surface area (Å²) in [6.07, 6.45) is 14.2. The van der Waals surface area contributed by atoms with E-state index in [9.17, 15) is 5.11 Å². The number of hydrogen-bond acceptors (Lipinski definition) is 1. The van der Waals surface area contributed by atoms with Crippen LogP contribution in [0.2, 0.25) is 0 Å². The topological polar surface area (TPSA) is 20.2 Å². The lowest BCUT2D eigenvalue weighted by atomic mass is 10.00. The van der Waals surface area contributed by atoms with Crippen LogP contribution in [-0.4, -0.2) is 11.2 Å². The molecule has 0 aromatic carbocycles. The number of halogens is 1. The highest BCUT2D eigenvalue weighted by molar-refractivity contribution is 5.85. The second kappa shape index (κ2) is 9.79. The highest BCUT2D eigenvalue weighted by Crippen LogP contribution is 2.16. The molecular formula is C12H25ClO. The minimum atomic E-state index is -0.000531. The third-order valence-electron chi connectivity index (χ3n) is 3.07. The Bertz CT molecular complexity index is 105. The van der Waals surface area contributed by atoms with E-state index in [0.29, 0.717) is 0 Å². The van der Waals surface area contributed by atoms with Gasteiger partial charge in [-0.3, -0.25) is 0 Å². The molecule has 14 heavy (non-hydrogen) atoms. The van der Waals surface area contributed by atoms with Gasteiger partial charge in [-0.25, -0.2) is 0 Å². The van der Waals surface area contributed by atoms with Crippen molar-refractivity contribution in [2.45, 2.75) is 76.7 Å². The van der Waals surface area contributed by atoms with Crippen molar-refractivity contribution in [1.82, 2.24) is 0 Å². The first kappa shape index (κ1) is 14.2. The maximum absolute atomic E-state index is 9.59. The fourth-order valence-electron chi connectivity index (χ4n) is 2.14. The van der Waals surface area contributed by atoms with Crippen molar-refractivity contribution in [3.8, 4) is 0 Å². The summed E-state index contributed by atoms with van der Waals surface area (Å²) in [7, 11) is 0. The van der Waals surface area contributed by atoms with Gasteiger partial charge in [0.25, 0.3) is 0 Å². The number of hydrogen-bond donors (Lipinski definition) is 1. The summed E-state index contributed by atoms with van der Waals surface area (Å²) >= 11 is 0. The average Bonchev–Trinajstić information content (AvgIpc) is 2.11. The van der Waals surface area contributed by atoms with Gasteiger partial charge in [0.2, 0.25) is 0 Å². The summed E-state index contributed by atoms with van der Waals surface area (Å²) in [6, 6.07) is 0. The van der Waals surface area contributed by atoms with E-state index >= 15 is 0 Å². The molecule has 1 rings (SSSR count). The Kier molecular flexibility index (Phi) is 9.97. The van der Waals surface area contributed by atoms with Crippen molar-refractivity contribution in [3.05, 3.63) is 0 Å². The molecule has 0 aromatic heterocycles. The van der Waals surface area contributed by atoms with Crippen molar-refractivity contribution in [2.24, 2.45) is 0 Å². The predicted molar refractivity (Wildman–Crippen MR) is 64.0 cm³/mol. The molecular weight excluding hydrogens is 196 g/mol. The SMILES string of the molecule is Cl.OC1CCCCCCCCCCC1. The normalized spacial score (nSPS) is 22.9. The van der Waals surface area contributed by atoms with Crippen LogP contribution in [-0.2, 0) is 0 Å². The van der Waals surface area contributed by atoms with Crippen LogP contribution in [0, 0.1) is 0 Å². The molecule has 1 fully saturated rings. The fourth-order valence-corrected chi connectivity index (χ4v) is 2.14. The average molecular weight is 221 g/mol. The molecule has 0 spiro atoms. The van der Waals surface area contributed by atoms with E-state index in [1.807, 2.05) is 0 Å². The van der Waals surface area contributed by atoms with Gasteiger partial charge in [0.05, 0.1) is 6.10 Å². The smallest absolute Gasteiger partial charge is 0.0540 e. The van der Waals surface area contributed by atoms with E-state index in [1.165, 1.54) is 57.8 Å². The highest BCUT2D eigenvalue weighted by Gasteiger charge is 2.04. The molecule has 1 aliphatic carbocycles. The van der Waals surface area contributed by atoms with Crippen LogP contribution in [0.25, 0.3) is 0 Å². The predicted octanol–water partition coefficient (Wildman–Crippen LogP) is 4.07. The zero-order chi connectivity index (χ0) is 9.36. The van der Waals surface area contributed by atoms with Crippen molar-refractivity contribution in [2.75, 3.05) is 0 Å². The molecule has 0 unspecified atom stereocenters. The summed E-state index contributed by atoms with van der Waals surface area (Å²) < 4.78 is 0. The van der Waals surface area contributed by atoms with Crippen LogP contribution in [0.15, 0.2) is 0 Å². The number of aliphatic hydroxyl groups excluding tert-OH is 1. The van der Waals surface area contributed by atoms with Crippen LogP contribution in [0.3, 0.4) is 0 Å². The molecule has 0 heterocycles. The largest absolute Gasteiger partial charge is 0.393 e. The minimum absolute atomic E-state index is 0. The third-order valence-corrected chi connectivity index (χ3v) is 3.07. The lowest BCUT2D eigenvalue weighted by Gasteiger charge is -2.11. The van der Waals surface area contributed by atoms with E-state index in [1.54, 1.807) is 0 Å². The van der Waals surface area contributed by atoms with E-state index < -0.39 is 0 Å². The Morgan fingerprint density at radius 1 is 0.571 bits per heavy atom. The molecule has 0 aromatic rings. The Morgan fingerprint density at radius 2 is 0.857 bits per heavy atom. The minimum Gasteiger partial charge on any atom is -0.393 e. The summed E-state index contributed by atoms with van der Waals surface area (Å²) in [5.41, 5.74) is 0. The molecule has 0 amide bonds. The van der Waals surface area contributed by atoms with Gasteiger partial charge in [-0.15, -0.1) is 12.4 Å². The van der Waals surface area contributed by atoms with Gasteiger partial charge < -0.3 is 5.11 Å². The van der Waals surface area contributed by atoms with E-state index in [4.69, 9.17) is 0 Å². The maximum Gasteiger partial charge on any atom is 0.0540 e. The Labute approximate surface area is 94.7 Å². The molecule has 2 heteroatoms. The lowest BCUT2D eigenvalue weighted by Crippen LogP contribution is -2.06. The molecule has 1 N–H and O–H groups in total. The van der Waals surface area contributed by atoms with Crippen molar-refractivity contribution in [1.29, 1.82) is 0 Å². The van der Waals surface area contributed by atoms with Crippen LogP contribution >= 0.6 is 12.4 Å². The highest BCUT2D eigenvalue weighted by atomic mass is 35.5. The molecule has 1 aliphatic rings. The first-order valence-corrected chi connectivity index (χ1v) is 6.07. The second-order valence-corrected chi connectivity index (χ2v) is 4.41. The second-order valence-electron chi connectivity index (χ2n) is 4.41.